The van der Waals surface area contributed by atoms with E-state index in [-0.39, 0.29) is 18.2 Å². The van der Waals surface area contributed by atoms with Crippen LogP contribution < -0.4 is 10.1 Å². The normalized spacial score (nSPS) is 15.0. The number of H-pyrrole nitrogens is 1. The first-order valence-corrected chi connectivity index (χ1v) is 11.6. The predicted octanol–water partition coefficient (Wildman–Crippen LogP) is 5.15. The van der Waals surface area contributed by atoms with E-state index in [2.05, 4.69) is 37.3 Å². The number of likely N-dealkylation sites (tertiary alicyclic amines) is 1. The third kappa shape index (κ3) is 5.03. The Kier molecular flexibility index (Phi) is 6.42. The Balaban J connectivity index is 1.26. The van der Waals surface area contributed by atoms with Gasteiger partial charge < -0.3 is 20.1 Å². The number of rotatable bonds is 7. The zero-order chi connectivity index (χ0) is 23.5. The number of benzene rings is 2. The van der Waals surface area contributed by atoms with E-state index in [4.69, 9.17) is 4.74 Å². The Bertz CT molecular complexity index is 1280. The van der Waals surface area contributed by atoms with E-state index < -0.39 is 5.82 Å². The summed E-state index contributed by atoms with van der Waals surface area (Å²) in [5, 5.41) is 13.0. The van der Waals surface area contributed by atoms with E-state index in [0.717, 1.165) is 49.4 Å². The smallest absolute Gasteiger partial charge is 0.230 e. The molecule has 1 aliphatic heterocycles. The number of piperidine rings is 1. The van der Waals surface area contributed by atoms with Gasteiger partial charge in [0.2, 0.25) is 11.8 Å². The Hall–Kier alpha value is -3.49. The van der Waals surface area contributed by atoms with E-state index in [1.165, 1.54) is 5.56 Å². The second-order valence-electron chi connectivity index (χ2n) is 8.84. The van der Waals surface area contributed by atoms with Crippen LogP contribution in [0, 0.1) is 18.7 Å². The largest absolute Gasteiger partial charge is 0.436 e. The van der Waals surface area contributed by atoms with E-state index in [0.29, 0.717) is 17.3 Å². The molecule has 5 rings (SSSR count). The zero-order valence-corrected chi connectivity index (χ0v) is 19.1. The van der Waals surface area contributed by atoms with Crippen molar-refractivity contribution in [2.24, 2.45) is 5.92 Å². The molecule has 176 valence electrons. The number of halogens is 1. The highest BCUT2D eigenvalue weighted by Gasteiger charge is 2.18. The topological polar surface area (TPSA) is 86.3 Å². The number of aryl methyl sites for hydroxylation is 1. The summed E-state index contributed by atoms with van der Waals surface area (Å²) in [6, 6.07) is 14.9. The molecule has 0 unspecified atom stereocenters. The summed E-state index contributed by atoms with van der Waals surface area (Å²) in [6.45, 7) is 5.02. The minimum absolute atomic E-state index is 0.114. The van der Waals surface area contributed by atoms with Gasteiger partial charge in [-0.1, -0.05) is 12.1 Å². The molecule has 0 radical (unpaired) electrons. The molecule has 4 aromatic rings. The number of anilines is 2. The number of hydrogen-bond acceptors (Lipinski definition) is 6. The van der Waals surface area contributed by atoms with Crippen molar-refractivity contribution in [3.63, 3.8) is 0 Å². The van der Waals surface area contributed by atoms with Gasteiger partial charge in [0.15, 0.2) is 11.6 Å². The zero-order valence-electron chi connectivity index (χ0n) is 19.1. The lowest BCUT2D eigenvalue weighted by Crippen LogP contribution is -2.34. The number of aromatic amines is 1. The summed E-state index contributed by atoms with van der Waals surface area (Å²) in [5.41, 5.74) is 3.67. The second kappa shape index (κ2) is 9.79. The fourth-order valence-electron chi connectivity index (χ4n) is 4.40. The summed E-state index contributed by atoms with van der Waals surface area (Å²) in [5.74, 6) is 0.746. The predicted molar refractivity (Wildman–Crippen MR) is 130 cm³/mol. The summed E-state index contributed by atoms with van der Waals surface area (Å²) in [6.07, 6.45) is 3.65. The van der Waals surface area contributed by atoms with Crippen molar-refractivity contribution in [1.82, 2.24) is 19.9 Å². The molecule has 7 nitrogen and oxygen atoms in total. The molecule has 3 heterocycles. The number of aliphatic hydroxyl groups is 1. The van der Waals surface area contributed by atoms with E-state index in [1.807, 2.05) is 19.1 Å². The second-order valence-corrected chi connectivity index (χ2v) is 8.84. The van der Waals surface area contributed by atoms with Crippen LogP contribution in [0.1, 0.15) is 24.1 Å². The van der Waals surface area contributed by atoms with Gasteiger partial charge in [-0.3, -0.25) is 4.90 Å². The molecule has 1 fully saturated rings. The van der Waals surface area contributed by atoms with Crippen LogP contribution in [0.5, 0.6) is 11.6 Å². The fraction of sp³-hybridized carbons (Fsp3) is 0.308. The van der Waals surface area contributed by atoms with Gasteiger partial charge in [0.25, 0.3) is 0 Å². The number of nitrogens with zero attached hydrogens (tertiary/aromatic N) is 3. The van der Waals surface area contributed by atoms with Crippen LogP contribution in [-0.4, -0.2) is 44.7 Å². The van der Waals surface area contributed by atoms with Crippen molar-refractivity contribution >= 4 is 22.5 Å². The number of ether oxygens (including phenoxy) is 1. The van der Waals surface area contributed by atoms with Crippen LogP contribution in [-0.2, 0) is 6.54 Å². The molecule has 1 aliphatic rings. The maximum absolute atomic E-state index is 14.9. The Morgan fingerprint density at radius 1 is 1.18 bits per heavy atom. The van der Waals surface area contributed by atoms with Gasteiger partial charge in [-0.15, -0.1) is 0 Å². The van der Waals surface area contributed by atoms with Gasteiger partial charge in [0.05, 0.1) is 0 Å². The Morgan fingerprint density at radius 3 is 2.85 bits per heavy atom. The van der Waals surface area contributed by atoms with E-state index in [1.54, 1.807) is 30.5 Å². The highest BCUT2D eigenvalue weighted by Crippen LogP contribution is 2.30. The van der Waals surface area contributed by atoms with Crippen molar-refractivity contribution in [2.75, 3.05) is 25.0 Å². The van der Waals surface area contributed by atoms with Crippen LogP contribution in [0.2, 0.25) is 0 Å². The first-order valence-electron chi connectivity index (χ1n) is 11.6. The summed E-state index contributed by atoms with van der Waals surface area (Å²) in [7, 11) is 0. The average Bonchev–Trinajstić information content (AvgIpc) is 3.23. The van der Waals surface area contributed by atoms with Crippen molar-refractivity contribution in [3.8, 4) is 11.6 Å². The number of fused-ring (bicyclic) bond motifs is 1. The van der Waals surface area contributed by atoms with Crippen molar-refractivity contribution < 1.29 is 14.2 Å². The van der Waals surface area contributed by atoms with Gasteiger partial charge in [-0.2, -0.15) is 4.98 Å². The molecular formula is C26H28FN5O2. The van der Waals surface area contributed by atoms with E-state index in [9.17, 15) is 9.50 Å². The Labute approximate surface area is 197 Å². The molecule has 34 heavy (non-hydrogen) atoms. The lowest BCUT2D eigenvalue weighted by molar-refractivity contribution is 0.127. The maximum Gasteiger partial charge on any atom is 0.230 e. The number of aliphatic hydroxyl groups excluding tert-OH is 1. The third-order valence-electron chi connectivity index (χ3n) is 6.24. The molecule has 8 heteroatoms. The maximum atomic E-state index is 14.9. The van der Waals surface area contributed by atoms with Crippen LogP contribution in [0.15, 0.2) is 54.7 Å². The summed E-state index contributed by atoms with van der Waals surface area (Å²) >= 11 is 0. The molecular weight excluding hydrogens is 433 g/mol. The van der Waals surface area contributed by atoms with Crippen LogP contribution >= 0.6 is 0 Å². The average molecular weight is 462 g/mol. The van der Waals surface area contributed by atoms with E-state index >= 15 is 0 Å². The van der Waals surface area contributed by atoms with Crippen LogP contribution in [0.3, 0.4) is 0 Å². The number of aromatic nitrogens is 3. The molecule has 0 amide bonds. The van der Waals surface area contributed by atoms with Crippen molar-refractivity contribution in [3.05, 3.63) is 71.8 Å². The first kappa shape index (κ1) is 22.3. The van der Waals surface area contributed by atoms with Crippen molar-refractivity contribution in [1.29, 1.82) is 0 Å². The van der Waals surface area contributed by atoms with Gasteiger partial charge >= 0.3 is 0 Å². The van der Waals surface area contributed by atoms with Gasteiger partial charge in [-0.05, 0) is 74.7 Å². The lowest BCUT2D eigenvalue weighted by atomic mass is 9.97. The quantitative estimate of drug-likeness (QED) is 0.353. The molecule has 0 bridgehead atoms. The summed E-state index contributed by atoms with van der Waals surface area (Å²) < 4.78 is 20.6. The van der Waals surface area contributed by atoms with Crippen LogP contribution in [0.4, 0.5) is 16.0 Å². The monoisotopic (exact) mass is 461 g/mol. The number of hydrogen-bond donors (Lipinski definition) is 3. The summed E-state index contributed by atoms with van der Waals surface area (Å²) in [4.78, 5) is 14.2. The molecule has 3 N–H and O–H groups in total. The first-order chi connectivity index (χ1) is 16.6. The fourth-order valence-corrected chi connectivity index (χ4v) is 4.40. The molecule has 2 aromatic carbocycles. The Morgan fingerprint density at radius 2 is 2.03 bits per heavy atom. The standard InChI is InChI=1S/C26H28FN5O2/c1-17-13-21-22(29-17)5-6-23(25(21)27)34-24-7-10-28-26(31-24)30-20-4-2-3-19(14-20)15-32-11-8-18(16-33)9-12-32/h2-7,10,13-14,18,29,33H,8-9,11-12,15-16H2,1H3,(H,28,30,31). The van der Waals surface area contributed by atoms with Crippen LogP contribution in [0.25, 0.3) is 10.9 Å². The van der Waals surface area contributed by atoms with Gasteiger partial charge in [0.1, 0.15) is 0 Å². The highest BCUT2D eigenvalue weighted by molar-refractivity contribution is 5.82. The van der Waals surface area contributed by atoms with Gasteiger partial charge in [-0.25, -0.2) is 9.37 Å². The SMILES string of the molecule is Cc1cc2c(F)c(Oc3ccnc(Nc4cccc(CN5CCC(CO)CC5)c4)n3)ccc2[nH]1. The molecule has 0 aliphatic carbocycles. The highest BCUT2D eigenvalue weighted by atomic mass is 19.1. The molecule has 0 saturated carbocycles. The minimum Gasteiger partial charge on any atom is -0.436 e. The third-order valence-corrected chi connectivity index (χ3v) is 6.24. The molecule has 2 aromatic heterocycles. The van der Waals surface area contributed by atoms with Gasteiger partial charge in [0, 0.05) is 47.7 Å². The number of nitrogens with one attached hydrogen (secondary N) is 2. The molecule has 0 spiro atoms. The van der Waals surface area contributed by atoms with Crippen molar-refractivity contribution in [2.45, 2.75) is 26.3 Å². The minimum atomic E-state index is -0.425. The lowest BCUT2D eigenvalue weighted by Gasteiger charge is -2.31. The molecule has 1 saturated heterocycles. The molecule has 0 atom stereocenters.